The van der Waals surface area contributed by atoms with Crippen molar-refractivity contribution in [2.45, 2.75) is 6.54 Å². The Morgan fingerprint density at radius 3 is 2.73 bits per heavy atom. The molecule has 22 heavy (non-hydrogen) atoms. The van der Waals surface area contributed by atoms with E-state index in [0.717, 1.165) is 15.9 Å². The lowest BCUT2D eigenvalue weighted by atomic mass is 10.3. The number of hydrogen-bond acceptors (Lipinski definition) is 6. The number of hydrogen-bond donors (Lipinski definition) is 2. The fourth-order valence-corrected chi connectivity index (χ4v) is 2.19. The zero-order chi connectivity index (χ0) is 15.2. The van der Waals surface area contributed by atoms with Crippen LogP contribution in [-0.4, -0.2) is 20.2 Å². The Morgan fingerprint density at radius 2 is 1.91 bits per heavy atom. The van der Waals surface area contributed by atoms with E-state index in [9.17, 15) is 0 Å². The first-order chi connectivity index (χ1) is 10.8. The largest absolute Gasteiger partial charge is 0.363 e. The summed E-state index contributed by atoms with van der Waals surface area (Å²) in [5, 5.41) is 14.2. The third-order valence-corrected chi connectivity index (χ3v) is 3.55. The van der Waals surface area contributed by atoms with E-state index in [1.165, 1.54) is 0 Å². The zero-order valence-corrected chi connectivity index (χ0v) is 13.2. The van der Waals surface area contributed by atoms with E-state index >= 15 is 0 Å². The molecule has 0 aliphatic rings. The average Bonchev–Trinajstić information content (AvgIpc) is 2.57. The SMILES string of the molecule is Brc1ccccc1Nc1nncc(NCc2ccccn2)n1. The van der Waals surface area contributed by atoms with Crippen LogP contribution in [0.1, 0.15) is 5.69 Å². The van der Waals surface area contributed by atoms with Crippen LogP contribution in [0.25, 0.3) is 0 Å². The van der Waals surface area contributed by atoms with Gasteiger partial charge in [-0.25, -0.2) is 0 Å². The Balaban J connectivity index is 1.69. The van der Waals surface area contributed by atoms with Crippen LogP contribution in [0, 0.1) is 0 Å². The molecule has 0 saturated heterocycles. The number of benzene rings is 1. The Kier molecular flexibility index (Phi) is 4.55. The van der Waals surface area contributed by atoms with E-state index < -0.39 is 0 Å². The molecule has 0 saturated carbocycles. The molecule has 3 aromatic rings. The lowest BCUT2D eigenvalue weighted by Crippen LogP contribution is -2.06. The highest BCUT2D eigenvalue weighted by molar-refractivity contribution is 9.10. The van der Waals surface area contributed by atoms with Crippen LogP contribution >= 0.6 is 15.9 Å². The summed E-state index contributed by atoms with van der Waals surface area (Å²) in [5.41, 5.74) is 1.81. The number of rotatable bonds is 5. The van der Waals surface area contributed by atoms with E-state index in [1.54, 1.807) is 12.4 Å². The van der Waals surface area contributed by atoms with Gasteiger partial charge in [0.05, 0.1) is 24.1 Å². The van der Waals surface area contributed by atoms with Crippen molar-refractivity contribution < 1.29 is 0 Å². The highest BCUT2D eigenvalue weighted by Gasteiger charge is 2.04. The van der Waals surface area contributed by atoms with Gasteiger partial charge in [-0.05, 0) is 40.2 Å². The smallest absolute Gasteiger partial charge is 0.249 e. The molecule has 0 unspecified atom stereocenters. The molecule has 0 atom stereocenters. The summed E-state index contributed by atoms with van der Waals surface area (Å²) in [4.78, 5) is 8.63. The second-order valence-corrected chi connectivity index (χ2v) is 5.30. The normalized spacial score (nSPS) is 10.2. The predicted octanol–water partition coefficient (Wildman–Crippen LogP) is 3.38. The van der Waals surface area contributed by atoms with E-state index in [4.69, 9.17) is 0 Å². The van der Waals surface area contributed by atoms with Gasteiger partial charge in [0.15, 0.2) is 5.82 Å². The first-order valence-corrected chi connectivity index (χ1v) is 7.45. The molecule has 7 heteroatoms. The highest BCUT2D eigenvalue weighted by Crippen LogP contribution is 2.23. The third-order valence-electron chi connectivity index (χ3n) is 2.86. The summed E-state index contributed by atoms with van der Waals surface area (Å²) in [5.74, 6) is 1.06. The second-order valence-electron chi connectivity index (χ2n) is 4.44. The predicted molar refractivity (Wildman–Crippen MR) is 88.8 cm³/mol. The number of nitrogens with one attached hydrogen (secondary N) is 2. The van der Waals surface area contributed by atoms with Crippen LogP contribution < -0.4 is 10.6 Å². The quantitative estimate of drug-likeness (QED) is 0.729. The van der Waals surface area contributed by atoms with Crippen LogP contribution in [0.15, 0.2) is 59.3 Å². The lowest BCUT2D eigenvalue weighted by molar-refractivity contribution is 0.955. The third kappa shape index (κ3) is 3.76. The van der Waals surface area contributed by atoms with Gasteiger partial charge in [-0.3, -0.25) is 4.98 Å². The Labute approximate surface area is 136 Å². The molecule has 2 N–H and O–H groups in total. The summed E-state index contributed by atoms with van der Waals surface area (Å²) in [6.07, 6.45) is 3.34. The van der Waals surface area contributed by atoms with Crippen molar-refractivity contribution in [3.05, 3.63) is 65.0 Å². The Hall–Kier alpha value is -2.54. The van der Waals surface area contributed by atoms with Crippen LogP contribution in [0.3, 0.4) is 0 Å². The topological polar surface area (TPSA) is 75.6 Å². The molecular weight excluding hydrogens is 344 g/mol. The molecule has 2 heterocycles. The van der Waals surface area contributed by atoms with Crippen LogP contribution in [-0.2, 0) is 6.54 Å². The molecule has 0 aliphatic carbocycles. The number of halogens is 1. The van der Waals surface area contributed by atoms with Crippen molar-refractivity contribution in [1.82, 2.24) is 20.2 Å². The monoisotopic (exact) mass is 356 g/mol. The van der Waals surface area contributed by atoms with Crippen molar-refractivity contribution >= 4 is 33.4 Å². The number of aromatic nitrogens is 4. The van der Waals surface area contributed by atoms with Gasteiger partial charge >= 0.3 is 0 Å². The van der Waals surface area contributed by atoms with E-state index in [1.807, 2.05) is 42.5 Å². The number of anilines is 3. The minimum atomic E-state index is 0.429. The molecule has 0 amide bonds. The van der Waals surface area contributed by atoms with Crippen molar-refractivity contribution in [1.29, 1.82) is 0 Å². The molecule has 6 nitrogen and oxygen atoms in total. The molecule has 3 rings (SSSR count). The molecule has 0 aliphatic heterocycles. The van der Waals surface area contributed by atoms with Gasteiger partial charge in [0.2, 0.25) is 5.95 Å². The van der Waals surface area contributed by atoms with Gasteiger partial charge in [0, 0.05) is 10.7 Å². The number of para-hydroxylation sites is 1. The molecule has 1 aromatic carbocycles. The molecule has 0 spiro atoms. The minimum Gasteiger partial charge on any atom is -0.363 e. The molecule has 110 valence electrons. The van der Waals surface area contributed by atoms with Gasteiger partial charge in [-0.2, -0.15) is 10.1 Å². The average molecular weight is 357 g/mol. The van der Waals surface area contributed by atoms with Crippen molar-refractivity contribution in [2.24, 2.45) is 0 Å². The molecular formula is C15H13BrN6. The summed E-state index contributed by atoms with van der Waals surface area (Å²) >= 11 is 3.47. The van der Waals surface area contributed by atoms with E-state index in [2.05, 4.69) is 46.7 Å². The fourth-order valence-electron chi connectivity index (χ4n) is 1.81. The molecule has 0 bridgehead atoms. The van der Waals surface area contributed by atoms with Crippen molar-refractivity contribution in [3.8, 4) is 0 Å². The number of pyridine rings is 1. The maximum absolute atomic E-state index is 4.38. The number of nitrogens with zero attached hydrogens (tertiary/aromatic N) is 4. The Bertz CT molecular complexity index is 750. The first kappa shape index (κ1) is 14.4. The zero-order valence-electron chi connectivity index (χ0n) is 11.6. The highest BCUT2D eigenvalue weighted by atomic mass is 79.9. The summed E-state index contributed by atoms with van der Waals surface area (Å²) in [7, 11) is 0. The maximum atomic E-state index is 4.38. The van der Waals surface area contributed by atoms with E-state index in [0.29, 0.717) is 18.3 Å². The standard InChI is InChI=1S/C15H13BrN6/c16-12-6-1-2-7-13(12)20-15-21-14(10-19-22-15)18-9-11-5-3-4-8-17-11/h1-8,10H,9H2,(H2,18,20,21,22). The van der Waals surface area contributed by atoms with Gasteiger partial charge in [-0.15, -0.1) is 5.10 Å². The van der Waals surface area contributed by atoms with Gasteiger partial charge in [0.1, 0.15) is 0 Å². The molecule has 0 fully saturated rings. The summed E-state index contributed by atoms with van der Waals surface area (Å²) in [6.45, 7) is 0.577. The summed E-state index contributed by atoms with van der Waals surface area (Å²) in [6, 6.07) is 13.5. The second kappa shape index (κ2) is 6.95. The van der Waals surface area contributed by atoms with E-state index in [-0.39, 0.29) is 0 Å². The van der Waals surface area contributed by atoms with Gasteiger partial charge in [-0.1, -0.05) is 18.2 Å². The van der Waals surface area contributed by atoms with Crippen molar-refractivity contribution in [3.63, 3.8) is 0 Å². The molecule has 0 radical (unpaired) electrons. The van der Waals surface area contributed by atoms with Crippen LogP contribution in [0.4, 0.5) is 17.5 Å². The van der Waals surface area contributed by atoms with Crippen molar-refractivity contribution in [2.75, 3.05) is 10.6 Å². The lowest BCUT2D eigenvalue weighted by Gasteiger charge is -2.08. The maximum Gasteiger partial charge on any atom is 0.249 e. The fraction of sp³-hybridized carbons (Fsp3) is 0.0667. The Morgan fingerprint density at radius 1 is 1.05 bits per heavy atom. The van der Waals surface area contributed by atoms with Gasteiger partial charge < -0.3 is 10.6 Å². The molecule has 2 aromatic heterocycles. The van der Waals surface area contributed by atoms with Crippen LogP contribution in [0.2, 0.25) is 0 Å². The summed E-state index contributed by atoms with van der Waals surface area (Å²) < 4.78 is 0.936. The van der Waals surface area contributed by atoms with Crippen LogP contribution in [0.5, 0.6) is 0 Å². The minimum absolute atomic E-state index is 0.429. The first-order valence-electron chi connectivity index (χ1n) is 6.66. The van der Waals surface area contributed by atoms with Gasteiger partial charge in [0.25, 0.3) is 0 Å².